The zero-order chi connectivity index (χ0) is 15.6. The summed E-state index contributed by atoms with van der Waals surface area (Å²) in [6.07, 6.45) is 0. The highest BCUT2D eigenvalue weighted by atomic mass is 32.2. The van der Waals surface area contributed by atoms with Crippen LogP contribution in [-0.4, -0.2) is 20.0 Å². The molecule has 0 atom stereocenters. The number of rotatable bonds is 5. The van der Waals surface area contributed by atoms with Gasteiger partial charge in [0.2, 0.25) is 0 Å². The first-order valence-electron chi connectivity index (χ1n) is 6.69. The summed E-state index contributed by atoms with van der Waals surface area (Å²) in [6.45, 7) is 9.59. The molecule has 0 aliphatic carbocycles. The second-order valence-corrected chi connectivity index (χ2v) is 7.66. The standard InChI is InChI=1S/C14H25N3O2S/c1-11(2)17(20(18,19)16-14(3,4)5)13-8-6-12(10-15)7-9-13/h6-9,11,16H,10,15H2,1-5H3. The molecule has 0 fully saturated rings. The van der Waals surface area contributed by atoms with Gasteiger partial charge in [-0.05, 0) is 52.3 Å². The molecule has 114 valence electrons. The minimum absolute atomic E-state index is 0.182. The van der Waals surface area contributed by atoms with Gasteiger partial charge in [-0.3, -0.25) is 4.31 Å². The van der Waals surface area contributed by atoms with Crippen molar-refractivity contribution in [2.75, 3.05) is 4.31 Å². The van der Waals surface area contributed by atoms with Crippen LogP contribution in [0.5, 0.6) is 0 Å². The van der Waals surface area contributed by atoms with Gasteiger partial charge in [-0.15, -0.1) is 0 Å². The number of hydrogen-bond acceptors (Lipinski definition) is 3. The summed E-state index contributed by atoms with van der Waals surface area (Å²) >= 11 is 0. The van der Waals surface area contributed by atoms with E-state index in [0.717, 1.165) is 5.56 Å². The maximum absolute atomic E-state index is 12.5. The molecule has 5 nitrogen and oxygen atoms in total. The predicted octanol–water partition coefficient (Wildman–Crippen LogP) is 1.99. The second kappa shape index (κ2) is 6.11. The van der Waals surface area contributed by atoms with Crippen molar-refractivity contribution in [3.63, 3.8) is 0 Å². The molecule has 0 spiro atoms. The van der Waals surface area contributed by atoms with Crippen LogP contribution in [0.1, 0.15) is 40.2 Å². The molecule has 1 aromatic carbocycles. The van der Waals surface area contributed by atoms with E-state index in [1.54, 1.807) is 12.1 Å². The Balaban J connectivity index is 3.17. The molecule has 0 aromatic heterocycles. The highest BCUT2D eigenvalue weighted by Gasteiger charge is 2.29. The van der Waals surface area contributed by atoms with E-state index in [-0.39, 0.29) is 6.04 Å². The molecule has 1 aromatic rings. The number of nitrogens with two attached hydrogens (primary N) is 1. The average Bonchev–Trinajstić information content (AvgIpc) is 2.25. The summed E-state index contributed by atoms with van der Waals surface area (Å²) in [5, 5.41) is 0. The normalized spacial score (nSPS) is 12.8. The van der Waals surface area contributed by atoms with Crippen molar-refractivity contribution >= 4 is 15.9 Å². The second-order valence-electron chi connectivity index (χ2n) is 6.12. The Morgan fingerprint density at radius 2 is 1.70 bits per heavy atom. The van der Waals surface area contributed by atoms with Gasteiger partial charge in [-0.1, -0.05) is 12.1 Å². The molecular weight excluding hydrogens is 274 g/mol. The largest absolute Gasteiger partial charge is 0.326 e. The van der Waals surface area contributed by atoms with E-state index in [4.69, 9.17) is 5.73 Å². The number of nitrogens with one attached hydrogen (secondary N) is 1. The highest BCUT2D eigenvalue weighted by molar-refractivity contribution is 7.91. The van der Waals surface area contributed by atoms with Gasteiger partial charge in [0.15, 0.2) is 0 Å². The third kappa shape index (κ3) is 4.47. The van der Waals surface area contributed by atoms with Crippen LogP contribution in [0.15, 0.2) is 24.3 Å². The van der Waals surface area contributed by atoms with Gasteiger partial charge in [0, 0.05) is 18.1 Å². The van der Waals surface area contributed by atoms with Crippen LogP contribution in [-0.2, 0) is 16.8 Å². The van der Waals surface area contributed by atoms with Crippen LogP contribution in [0.25, 0.3) is 0 Å². The topological polar surface area (TPSA) is 75.4 Å². The lowest BCUT2D eigenvalue weighted by molar-refractivity contribution is 0.486. The maximum Gasteiger partial charge on any atom is 0.302 e. The molecule has 6 heteroatoms. The van der Waals surface area contributed by atoms with Gasteiger partial charge in [0.25, 0.3) is 0 Å². The summed E-state index contributed by atoms with van der Waals surface area (Å²) in [5.74, 6) is 0. The van der Waals surface area contributed by atoms with E-state index in [0.29, 0.717) is 12.2 Å². The van der Waals surface area contributed by atoms with E-state index in [9.17, 15) is 8.42 Å². The van der Waals surface area contributed by atoms with Gasteiger partial charge in [-0.25, -0.2) is 0 Å². The number of nitrogens with zero attached hydrogens (tertiary/aromatic N) is 1. The molecule has 0 aliphatic heterocycles. The molecule has 1 rings (SSSR count). The molecule has 0 amide bonds. The van der Waals surface area contributed by atoms with E-state index >= 15 is 0 Å². The van der Waals surface area contributed by atoms with Gasteiger partial charge in [0.1, 0.15) is 0 Å². The molecule has 0 bridgehead atoms. The first kappa shape index (κ1) is 16.9. The Morgan fingerprint density at radius 1 is 1.20 bits per heavy atom. The van der Waals surface area contributed by atoms with Crippen LogP contribution in [0.2, 0.25) is 0 Å². The van der Waals surface area contributed by atoms with Crippen molar-refractivity contribution in [1.82, 2.24) is 4.72 Å². The Morgan fingerprint density at radius 3 is 2.05 bits per heavy atom. The van der Waals surface area contributed by atoms with Gasteiger partial charge in [0.05, 0.1) is 5.69 Å². The van der Waals surface area contributed by atoms with Crippen molar-refractivity contribution in [2.45, 2.75) is 52.7 Å². The number of benzene rings is 1. The summed E-state index contributed by atoms with van der Waals surface area (Å²) < 4.78 is 29.1. The van der Waals surface area contributed by atoms with Gasteiger partial charge in [-0.2, -0.15) is 13.1 Å². The van der Waals surface area contributed by atoms with Crippen LogP contribution in [0, 0.1) is 0 Å². The minimum atomic E-state index is -3.60. The molecule has 20 heavy (non-hydrogen) atoms. The van der Waals surface area contributed by atoms with E-state index in [1.165, 1.54) is 4.31 Å². The summed E-state index contributed by atoms with van der Waals surface area (Å²) in [7, 11) is -3.60. The monoisotopic (exact) mass is 299 g/mol. The first-order valence-corrected chi connectivity index (χ1v) is 8.13. The zero-order valence-electron chi connectivity index (χ0n) is 12.8. The lowest BCUT2D eigenvalue weighted by Crippen LogP contribution is -2.51. The third-order valence-corrected chi connectivity index (χ3v) is 4.61. The Bertz CT molecular complexity index is 531. The van der Waals surface area contributed by atoms with Crippen LogP contribution >= 0.6 is 0 Å². The predicted molar refractivity (Wildman–Crippen MR) is 83.8 cm³/mol. The summed E-state index contributed by atoms with van der Waals surface area (Å²) in [6, 6.07) is 7.07. The fraction of sp³-hybridized carbons (Fsp3) is 0.571. The van der Waals surface area contributed by atoms with E-state index < -0.39 is 15.7 Å². The molecule has 0 saturated heterocycles. The SMILES string of the molecule is CC(C)N(c1ccc(CN)cc1)S(=O)(=O)NC(C)(C)C. The molecule has 3 N–H and O–H groups in total. The van der Waals surface area contributed by atoms with Crippen LogP contribution in [0.4, 0.5) is 5.69 Å². The molecule has 0 saturated carbocycles. The fourth-order valence-electron chi connectivity index (χ4n) is 1.93. The number of anilines is 1. The Labute approximate surface area is 122 Å². The van der Waals surface area contributed by atoms with Crippen LogP contribution < -0.4 is 14.8 Å². The van der Waals surface area contributed by atoms with Crippen molar-refractivity contribution < 1.29 is 8.42 Å². The zero-order valence-corrected chi connectivity index (χ0v) is 13.7. The summed E-state index contributed by atoms with van der Waals surface area (Å²) in [5.41, 5.74) is 6.64. The average molecular weight is 299 g/mol. The molecular formula is C14H25N3O2S. The van der Waals surface area contributed by atoms with Crippen molar-refractivity contribution in [2.24, 2.45) is 5.73 Å². The third-order valence-electron chi connectivity index (χ3n) is 2.59. The lowest BCUT2D eigenvalue weighted by atomic mass is 10.1. The molecule has 0 heterocycles. The number of hydrogen-bond donors (Lipinski definition) is 2. The first-order chi connectivity index (χ1) is 9.07. The highest BCUT2D eigenvalue weighted by Crippen LogP contribution is 2.22. The van der Waals surface area contributed by atoms with E-state index in [2.05, 4.69) is 4.72 Å². The smallest absolute Gasteiger partial charge is 0.302 e. The van der Waals surface area contributed by atoms with Crippen molar-refractivity contribution in [1.29, 1.82) is 0 Å². The fourth-order valence-corrected chi connectivity index (χ4v) is 3.76. The van der Waals surface area contributed by atoms with E-state index in [1.807, 2.05) is 46.8 Å². The Hall–Kier alpha value is -1.11. The lowest BCUT2D eigenvalue weighted by Gasteiger charge is -2.32. The molecule has 0 unspecified atom stereocenters. The van der Waals surface area contributed by atoms with Gasteiger partial charge >= 0.3 is 10.2 Å². The van der Waals surface area contributed by atoms with Gasteiger partial charge < -0.3 is 5.73 Å². The maximum atomic E-state index is 12.5. The molecule has 0 radical (unpaired) electrons. The minimum Gasteiger partial charge on any atom is -0.326 e. The van der Waals surface area contributed by atoms with Crippen molar-refractivity contribution in [3.8, 4) is 0 Å². The van der Waals surface area contributed by atoms with Crippen LogP contribution in [0.3, 0.4) is 0 Å². The summed E-state index contributed by atoms with van der Waals surface area (Å²) in [4.78, 5) is 0. The van der Waals surface area contributed by atoms with Crippen molar-refractivity contribution in [3.05, 3.63) is 29.8 Å². The quantitative estimate of drug-likeness (QED) is 0.873. The Kier molecular flexibility index (Phi) is 5.18. The molecule has 0 aliphatic rings.